The van der Waals surface area contributed by atoms with E-state index in [1.54, 1.807) is 25.1 Å². The lowest BCUT2D eigenvalue weighted by atomic mass is 9.83. The average Bonchev–Trinajstić information content (AvgIpc) is 2.84. The highest BCUT2D eigenvalue weighted by molar-refractivity contribution is 7.89. The third kappa shape index (κ3) is 3.71. The molecule has 178 valence electrons. The Morgan fingerprint density at radius 1 is 0.943 bits per heavy atom. The fourth-order valence-electron chi connectivity index (χ4n) is 5.66. The van der Waals surface area contributed by atoms with Gasteiger partial charge in [-0.3, -0.25) is 4.79 Å². The number of benzene rings is 2. The van der Waals surface area contributed by atoms with Gasteiger partial charge in [0.05, 0.1) is 4.90 Å². The van der Waals surface area contributed by atoms with Crippen LogP contribution in [-0.2, 0) is 16.6 Å². The normalized spacial score (nSPS) is 19.5. The zero-order valence-corrected chi connectivity index (χ0v) is 20.1. The molecule has 35 heavy (non-hydrogen) atoms. The number of anilines is 1. The third-order valence-electron chi connectivity index (χ3n) is 7.22. The molecule has 2 aromatic heterocycles. The van der Waals surface area contributed by atoms with Crippen LogP contribution in [0.15, 0.2) is 70.4 Å². The smallest absolute Gasteiger partial charge is 0.250 e. The lowest BCUT2D eigenvalue weighted by Crippen LogP contribution is -2.47. The van der Waals surface area contributed by atoms with E-state index in [2.05, 4.69) is 21.2 Å². The van der Waals surface area contributed by atoms with E-state index in [-0.39, 0.29) is 16.4 Å². The van der Waals surface area contributed by atoms with Gasteiger partial charge in [-0.05, 0) is 37.0 Å². The number of primary sulfonamides is 1. The Morgan fingerprint density at radius 3 is 2.54 bits per heavy atom. The van der Waals surface area contributed by atoms with Gasteiger partial charge in [-0.15, -0.1) is 10.2 Å². The van der Waals surface area contributed by atoms with Crippen molar-refractivity contribution >= 4 is 26.6 Å². The van der Waals surface area contributed by atoms with Gasteiger partial charge in [0, 0.05) is 53.6 Å². The molecular formula is C26H25N5O3S. The summed E-state index contributed by atoms with van der Waals surface area (Å²) in [5, 5.41) is 16.5. The van der Waals surface area contributed by atoms with E-state index >= 15 is 0 Å². The van der Waals surface area contributed by atoms with Crippen molar-refractivity contribution in [3.8, 4) is 11.3 Å². The maximum absolute atomic E-state index is 12.4. The monoisotopic (exact) mass is 487 g/mol. The second-order valence-electron chi connectivity index (χ2n) is 9.55. The molecule has 0 spiro atoms. The zero-order chi connectivity index (χ0) is 24.3. The van der Waals surface area contributed by atoms with Gasteiger partial charge in [-0.25, -0.2) is 13.6 Å². The highest BCUT2D eigenvalue weighted by Gasteiger charge is 2.35. The second kappa shape index (κ2) is 8.00. The molecule has 2 N–H and O–H groups in total. The fraction of sp³-hybridized carbons (Fsp3) is 0.269. The van der Waals surface area contributed by atoms with Gasteiger partial charge in [-0.2, -0.15) is 0 Å². The number of aryl methyl sites for hydroxylation is 1. The van der Waals surface area contributed by atoms with Crippen LogP contribution in [0.2, 0.25) is 0 Å². The number of fused-ring (bicyclic) bond motifs is 5. The summed E-state index contributed by atoms with van der Waals surface area (Å²) in [6, 6.07) is 18.6. The summed E-state index contributed by atoms with van der Waals surface area (Å²) in [7, 11) is -3.86. The van der Waals surface area contributed by atoms with Crippen molar-refractivity contribution in [1.29, 1.82) is 0 Å². The van der Waals surface area contributed by atoms with E-state index in [1.165, 1.54) is 0 Å². The number of hydrogen-bond donors (Lipinski definition) is 1. The Bertz CT molecular complexity index is 1650. The van der Waals surface area contributed by atoms with Crippen LogP contribution in [-0.4, -0.2) is 36.3 Å². The molecule has 8 nitrogen and oxygen atoms in total. The van der Waals surface area contributed by atoms with Crippen molar-refractivity contribution in [2.75, 3.05) is 18.0 Å². The Kier molecular flexibility index (Phi) is 5.01. The molecule has 0 radical (unpaired) electrons. The molecule has 2 aliphatic heterocycles. The summed E-state index contributed by atoms with van der Waals surface area (Å²) in [6.07, 6.45) is 1.06. The van der Waals surface area contributed by atoms with Gasteiger partial charge in [0.15, 0.2) is 5.82 Å². The molecule has 4 aromatic rings. The topological polar surface area (TPSA) is 111 Å². The quantitative estimate of drug-likeness (QED) is 0.476. The molecular weight excluding hydrogens is 462 g/mol. The van der Waals surface area contributed by atoms with E-state index in [9.17, 15) is 13.2 Å². The molecule has 1 saturated heterocycles. The number of rotatable bonds is 3. The molecule has 6 rings (SSSR count). The summed E-state index contributed by atoms with van der Waals surface area (Å²) in [5.41, 5.74) is 3.01. The lowest BCUT2D eigenvalue weighted by molar-refractivity contribution is 0.280. The molecule has 9 heteroatoms. The van der Waals surface area contributed by atoms with Crippen LogP contribution in [0, 0.1) is 12.8 Å². The first-order chi connectivity index (χ1) is 16.8. The molecule has 2 atom stereocenters. The van der Waals surface area contributed by atoms with Crippen molar-refractivity contribution in [2.45, 2.75) is 30.7 Å². The summed E-state index contributed by atoms with van der Waals surface area (Å²) in [6.45, 7) is 3.99. The van der Waals surface area contributed by atoms with Gasteiger partial charge in [0.25, 0.3) is 5.56 Å². The van der Waals surface area contributed by atoms with Crippen molar-refractivity contribution in [2.24, 2.45) is 11.1 Å². The van der Waals surface area contributed by atoms with Crippen LogP contribution in [0.3, 0.4) is 0 Å². The zero-order valence-electron chi connectivity index (χ0n) is 19.3. The van der Waals surface area contributed by atoms with Gasteiger partial charge in [-0.1, -0.05) is 42.5 Å². The van der Waals surface area contributed by atoms with E-state index in [1.807, 2.05) is 41.0 Å². The van der Waals surface area contributed by atoms with E-state index in [4.69, 9.17) is 5.14 Å². The highest BCUT2D eigenvalue weighted by atomic mass is 32.2. The van der Waals surface area contributed by atoms with Crippen molar-refractivity contribution < 1.29 is 8.42 Å². The summed E-state index contributed by atoms with van der Waals surface area (Å²) < 4.78 is 26.1. The molecule has 0 saturated carbocycles. The predicted molar refractivity (Wildman–Crippen MR) is 135 cm³/mol. The van der Waals surface area contributed by atoms with Gasteiger partial charge < -0.3 is 9.47 Å². The molecule has 0 aliphatic carbocycles. The van der Waals surface area contributed by atoms with Crippen LogP contribution < -0.4 is 15.6 Å². The van der Waals surface area contributed by atoms with Crippen molar-refractivity contribution in [3.63, 3.8) is 0 Å². The van der Waals surface area contributed by atoms with Crippen molar-refractivity contribution in [3.05, 3.63) is 82.3 Å². The lowest BCUT2D eigenvalue weighted by Gasteiger charge is -2.43. The molecule has 2 bridgehead atoms. The molecule has 2 aromatic carbocycles. The largest absolute Gasteiger partial charge is 0.354 e. The maximum Gasteiger partial charge on any atom is 0.250 e. The average molecular weight is 488 g/mol. The Labute approximate surface area is 203 Å². The number of nitrogens with two attached hydrogens (primary N) is 1. The molecule has 4 heterocycles. The maximum atomic E-state index is 12.4. The van der Waals surface area contributed by atoms with E-state index in [0.717, 1.165) is 41.8 Å². The standard InChI is InChI=1S/C26H25N5O3S/c1-16-9-10-18(12-23(16)35(27,33)34)25-20-5-2-3-6-21(20)26(29-28-25)30-13-17-11-19(15-30)22-7-4-8-24(32)31(22)14-17/h2-10,12,17,19H,11,13-15H2,1H3,(H2,27,33,34). The van der Waals surface area contributed by atoms with Crippen molar-refractivity contribution in [1.82, 2.24) is 14.8 Å². The highest BCUT2D eigenvalue weighted by Crippen LogP contribution is 2.39. The van der Waals surface area contributed by atoms with E-state index < -0.39 is 10.0 Å². The van der Waals surface area contributed by atoms with Gasteiger partial charge >= 0.3 is 0 Å². The first-order valence-electron chi connectivity index (χ1n) is 11.6. The summed E-state index contributed by atoms with van der Waals surface area (Å²) in [5.74, 6) is 1.42. The summed E-state index contributed by atoms with van der Waals surface area (Å²) in [4.78, 5) is 14.7. The van der Waals surface area contributed by atoms with Crippen LogP contribution in [0.4, 0.5) is 5.82 Å². The minimum absolute atomic E-state index is 0.0669. The number of nitrogens with zero attached hydrogens (tertiary/aromatic N) is 4. The minimum Gasteiger partial charge on any atom is -0.354 e. The van der Waals surface area contributed by atoms with Gasteiger partial charge in [0.2, 0.25) is 10.0 Å². The number of sulfonamides is 1. The van der Waals surface area contributed by atoms with Crippen LogP contribution in [0.5, 0.6) is 0 Å². The number of aromatic nitrogens is 3. The predicted octanol–water partition coefficient (Wildman–Crippen LogP) is 3.04. The number of piperidine rings is 1. The molecule has 2 unspecified atom stereocenters. The fourth-order valence-corrected chi connectivity index (χ4v) is 6.47. The Morgan fingerprint density at radius 2 is 1.74 bits per heavy atom. The van der Waals surface area contributed by atoms with Crippen LogP contribution in [0.1, 0.15) is 23.6 Å². The third-order valence-corrected chi connectivity index (χ3v) is 8.27. The van der Waals surface area contributed by atoms with Crippen LogP contribution >= 0.6 is 0 Å². The SMILES string of the molecule is Cc1ccc(-c2nnc(N3CC4CC(C3)c3cccc(=O)n3C4)c3ccccc23)cc1S(N)(=O)=O. The Balaban J connectivity index is 1.44. The van der Waals surface area contributed by atoms with Crippen LogP contribution in [0.25, 0.3) is 22.0 Å². The summed E-state index contributed by atoms with van der Waals surface area (Å²) >= 11 is 0. The molecule has 2 aliphatic rings. The first-order valence-corrected chi connectivity index (χ1v) is 13.2. The number of pyridine rings is 1. The first kappa shape index (κ1) is 21.9. The Hall–Kier alpha value is -3.56. The molecule has 1 fully saturated rings. The van der Waals surface area contributed by atoms with Gasteiger partial charge in [0.1, 0.15) is 5.69 Å². The number of hydrogen-bond acceptors (Lipinski definition) is 6. The molecule has 0 amide bonds. The minimum atomic E-state index is -3.86. The second-order valence-corrected chi connectivity index (χ2v) is 11.1. The van der Waals surface area contributed by atoms with E-state index in [0.29, 0.717) is 29.3 Å².